The summed E-state index contributed by atoms with van der Waals surface area (Å²) in [6.07, 6.45) is 3.32. The number of amides is 2. The number of aromatic nitrogens is 2. The molecule has 0 saturated carbocycles. The number of methoxy groups -OCH3 is 2. The van der Waals surface area contributed by atoms with Crippen LogP contribution < -0.4 is 20.1 Å². The third kappa shape index (κ3) is 4.76. The van der Waals surface area contributed by atoms with E-state index in [1.807, 2.05) is 18.2 Å². The fraction of sp³-hybridized carbons (Fsp3) is 0.280. The van der Waals surface area contributed by atoms with Gasteiger partial charge in [-0.05, 0) is 30.2 Å². The van der Waals surface area contributed by atoms with Gasteiger partial charge in [0.05, 0.1) is 29.8 Å². The minimum Gasteiger partial charge on any atom is -0.495 e. The van der Waals surface area contributed by atoms with Crippen molar-refractivity contribution >= 4 is 51.9 Å². The molecule has 2 atom stereocenters. The number of hydrogen-bond donors (Lipinski definition) is 2. The van der Waals surface area contributed by atoms with Crippen LogP contribution in [0.2, 0.25) is 10.0 Å². The molecule has 11 heteroatoms. The Morgan fingerprint density at radius 2 is 1.86 bits per heavy atom. The van der Waals surface area contributed by atoms with Gasteiger partial charge in [0.25, 0.3) is 0 Å². The highest BCUT2D eigenvalue weighted by Gasteiger charge is 2.38. The van der Waals surface area contributed by atoms with Gasteiger partial charge in [0, 0.05) is 42.8 Å². The van der Waals surface area contributed by atoms with Crippen molar-refractivity contribution < 1.29 is 19.1 Å². The third-order valence-electron chi connectivity index (χ3n) is 6.08. The average molecular weight is 530 g/mol. The molecule has 2 aromatic carbocycles. The summed E-state index contributed by atoms with van der Waals surface area (Å²) in [5.74, 6) is 0.751. The molecule has 4 rings (SSSR count). The van der Waals surface area contributed by atoms with Crippen LogP contribution in [0.5, 0.6) is 11.5 Å². The van der Waals surface area contributed by atoms with Crippen LogP contribution in [-0.4, -0.2) is 66.6 Å². The maximum atomic E-state index is 12.3. The van der Waals surface area contributed by atoms with Gasteiger partial charge in [0.2, 0.25) is 17.8 Å². The van der Waals surface area contributed by atoms with Gasteiger partial charge in [-0.25, -0.2) is 9.97 Å². The van der Waals surface area contributed by atoms with Gasteiger partial charge in [0.1, 0.15) is 17.5 Å². The maximum absolute atomic E-state index is 12.3. The molecule has 9 nitrogen and oxygen atoms in total. The summed E-state index contributed by atoms with van der Waals surface area (Å²) >= 11 is 13.1. The molecule has 0 spiro atoms. The second kappa shape index (κ2) is 10.6. The molecule has 1 saturated heterocycles. The molecule has 0 unspecified atom stereocenters. The second-order valence-corrected chi connectivity index (χ2v) is 8.91. The van der Waals surface area contributed by atoms with Crippen molar-refractivity contribution in [2.45, 2.75) is 18.5 Å². The van der Waals surface area contributed by atoms with Crippen LogP contribution >= 0.6 is 23.2 Å². The van der Waals surface area contributed by atoms with E-state index in [0.717, 1.165) is 10.9 Å². The summed E-state index contributed by atoms with van der Waals surface area (Å²) in [5.41, 5.74) is 2.02. The molecule has 1 aromatic heterocycles. The molecular weight excluding hydrogens is 505 g/mol. The lowest BCUT2D eigenvalue weighted by Crippen LogP contribution is -2.44. The normalized spacial score (nSPS) is 17.1. The quantitative estimate of drug-likeness (QED) is 0.446. The van der Waals surface area contributed by atoms with E-state index < -0.39 is 6.04 Å². The molecule has 0 radical (unpaired) electrons. The number of anilines is 1. The molecule has 0 bridgehead atoms. The molecule has 0 aliphatic carbocycles. The van der Waals surface area contributed by atoms with Crippen LogP contribution in [0, 0.1) is 0 Å². The Balaban J connectivity index is 1.61. The molecule has 1 fully saturated rings. The first-order valence-corrected chi connectivity index (χ1v) is 11.8. The summed E-state index contributed by atoms with van der Waals surface area (Å²) < 4.78 is 10.7. The zero-order chi connectivity index (χ0) is 26.0. The number of carbonyl (C=O) groups is 2. The molecule has 3 aromatic rings. The van der Waals surface area contributed by atoms with Crippen LogP contribution in [0.25, 0.3) is 22.0 Å². The smallest absolute Gasteiger partial charge is 0.246 e. The predicted octanol–water partition coefficient (Wildman–Crippen LogP) is 3.93. The first kappa shape index (κ1) is 25.5. The summed E-state index contributed by atoms with van der Waals surface area (Å²) in [7, 11) is 4.59. The number of fused-ring (bicyclic) bond motifs is 1. The highest BCUT2D eigenvalue weighted by Crippen LogP contribution is 2.46. The highest BCUT2D eigenvalue weighted by molar-refractivity contribution is 6.41. The maximum Gasteiger partial charge on any atom is 0.246 e. The Bertz CT molecular complexity index is 1320. The van der Waals surface area contributed by atoms with E-state index in [2.05, 4.69) is 27.2 Å². The Kier molecular flexibility index (Phi) is 7.51. The van der Waals surface area contributed by atoms with Crippen molar-refractivity contribution in [1.29, 1.82) is 0 Å². The predicted molar refractivity (Wildman–Crippen MR) is 140 cm³/mol. The monoisotopic (exact) mass is 529 g/mol. The average Bonchev–Trinajstić information content (AvgIpc) is 3.31. The lowest BCUT2D eigenvalue weighted by atomic mass is 10.0. The van der Waals surface area contributed by atoms with Gasteiger partial charge in [-0.3, -0.25) is 9.59 Å². The van der Waals surface area contributed by atoms with Crippen LogP contribution in [0.4, 0.5) is 5.95 Å². The van der Waals surface area contributed by atoms with Crippen LogP contribution in [-0.2, 0) is 9.59 Å². The molecule has 2 amide bonds. The Morgan fingerprint density at radius 3 is 2.47 bits per heavy atom. The van der Waals surface area contributed by atoms with Gasteiger partial charge in [-0.1, -0.05) is 35.8 Å². The van der Waals surface area contributed by atoms with Gasteiger partial charge >= 0.3 is 0 Å². The Morgan fingerprint density at radius 1 is 1.17 bits per heavy atom. The number of benzene rings is 2. The number of rotatable bonds is 7. The van der Waals surface area contributed by atoms with E-state index in [4.69, 9.17) is 32.7 Å². The molecule has 1 aliphatic heterocycles. The summed E-state index contributed by atoms with van der Waals surface area (Å²) in [5, 5.41) is 7.35. The van der Waals surface area contributed by atoms with Crippen molar-refractivity contribution in [2.24, 2.45) is 0 Å². The zero-order valence-corrected chi connectivity index (χ0v) is 21.5. The van der Waals surface area contributed by atoms with E-state index in [-0.39, 0.29) is 17.9 Å². The van der Waals surface area contributed by atoms with Crippen LogP contribution in [0.1, 0.15) is 6.42 Å². The van der Waals surface area contributed by atoms with Crippen molar-refractivity contribution in [3.05, 3.63) is 53.2 Å². The molecule has 36 heavy (non-hydrogen) atoms. The van der Waals surface area contributed by atoms with E-state index in [1.54, 1.807) is 19.3 Å². The minimum absolute atomic E-state index is 0.199. The molecule has 188 valence electrons. The number of ether oxygens (including phenoxy) is 2. The molecule has 2 heterocycles. The second-order valence-electron chi connectivity index (χ2n) is 8.15. The van der Waals surface area contributed by atoms with Crippen molar-refractivity contribution in [3.8, 4) is 22.6 Å². The Labute approximate surface area is 218 Å². The fourth-order valence-corrected chi connectivity index (χ4v) is 5.02. The zero-order valence-electron chi connectivity index (χ0n) is 20.0. The number of likely N-dealkylation sites (N-methyl/N-ethyl adjacent to an activating group) is 1. The molecule has 2 N–H and O–H groups in total. The van der Waals surface area contributed by atoms with E-state index in [1.165, 1.54) is 25.2 Å². The topological polar surface area (TPSA) is 106 Å². The van der Waals surface area contributed by atoms with Gasteiger partial charge in [0.15, 0.2) is 0 Å². The van der Waals surface area contributed by atoms with Gasteiger partial charge in [-0.2, -0.15) is 0 Å². The fourth-order valence-electron chi connectivity index (χ4n) is 4.30. The van der Waals surface area contributed by atoms with Crippen molar-refractivity contribution in [3.63, 3.8) is 0 Å². The lowest BCUT2D eigenvalue weighted by Gasteiger charge is -2.21. The van der Waals surface area contributed by atoms with Gasteiger partial charge in [-0.15, -0.1) is 0 Å². The number of hydrogen-bond acceptors (Lipinski definition) is 7. The number of nitrogens with one attached hydrogen (secondary N) is 2. The number of likely N-dealkylation sites (tertiary alicyclic amines) is 1. The minimum atomic E-state index is -0.588. The number of carbonyl (C=O) groups excluding carboxylic acids is 2. The lowest BCUT2D eigenvalue weighted by molar-refractivity contribution is -0.134. The molecule has 1 aliphatic rings. The first-order chi connectivity index (χ1) is 17.3. The summed E-state index contributed by atoms with van der Waals surface area (Å²) in [6.45, 7) is 3.86. The van der Waals surface area contributed by atoms with Crippen molar-refractivity contribution in [1.82, 2.24) is 20.2 Å². The third-order valence-corrected chi connectivity index (χ3v) is 6.83. The van der Waals surface area contributed by atoms with E-state index in [9.17, 15) is 9.59 Å². The largest absolute Gasteiger partial charge is 0.495 e. The van der Waals surface area contributed by atoms with Gasteiger partial charge < -0.3 is 25.0 Å². The molecular formula is C25H25Cl2N5O4. The van der Waals surface area contributed by atoms with E-state index >= 15 is 0 Å². The summed E-state index contributed by atoms with van der Waals surface area (Å²) in [4.78, 5) is 35.0. The van der Waals surface area contributed by atoms with Crippen LogP contribution in [0.15, 0.2) is 43.1 Å². The van der Waals surface area contributed by atoms with Crippen LogP contribution in [0.3, 0.4) is 0 Å². The van der Waals surface area contributed by atoms with E-state index in [0.29, 0.717) is 51.5 Å². The standard InChI is InChI=1S/C25H25Cl2N5O4/c1-5-20(33)32-12-15(9-17(32)24(34)28-2)30-25-29-11-14-8-13(6-7-16(14)31-25)21-22(26)18(35-3)10-19(36-4)23(21)27/h5-8,10-11,15,17H,1,9,12H2,2-4H3,(H,28,34)(H,29,30,31)/t15-,17-/m0/s1. The first-order valence-electron chi connectivity index (χ1n) is 11.1. The number of halogens is 2. The highest BCUT2D eigenvalue weighted by atomic mass is 35.5. The number of nitrogens with zero attached hydrogens (tertiary/aromatic N) is 3. The van der Waals surface area contributed by atoms with Crippen molar-refractivity contribution in [2.75, 3.05) is 33.1 Å². The summed E-state index contributed by atoms with van der Waals surface area (Å²) in [6, 6.07) is 6.42. The SMILES string of the molecule is C=CC(=O)N1C[C@@H](Nc2ncc3cc(-c4c(Cl)c(OC)cc(OC)c4Cl)ccc3n2)C[C@H]1C(=O)NC. The Hall–Kier alpha value is -3.56.